The Hall–Kier alpha value is -0.740. The molecule has 76 valence electrons. The molecule has 0 aromatic heterocycles. The van der Waals surface area contributed by atoms with E-state index in [-0.39, 0.29) is 11.6 Å². The Morgan fingerprint density at radius 2 is 2.29 bits per heavy atom. The Balaban J connectivity index is 2.86. The highest BCUT2D eigenvalue weighted by Gasteiger charge is 2.10. The van der Waals surface area contributed by atoms with E-state index in [2.05, 4.69) is 17.9 Å². The van der Waals surface area contributed by atoms with Crippen LogP contribution in [0.2, 0.25) is 5.02 Å². The number of hydrogen-bond acceptors (Lipinski definition) is 2. The number of amides is 1. The topological polar surface area (TPSA) is 29.1 Å². The van der Waals surface area contributed by atoms with Crippen molar-refractivity contribution in [1.29, 1.82) is 0 Å². The summed E-state index contributed by atoms with van der Waals surface area (Å²) in [5, 5.41) is 2.30. The zero-order chi connectivity index (χ0) is 10.7. The number of anilines is 1. The summed E-state index contributed by atoms with van der Waals surface area (Å²) >= 11 is 9.67. The van der Waals surface area contributed by atoms with Crippen LogP contribution in [0.25, 0.3) is 0 Å². The van der Waals surface area contributed by atoms with Crippen LogP contribution in [0, 0.1) is 5.82 Å². The zero-order valence-electron chi connectivity index (χ0n) is 7.42. The number of carbonyl (C=O) groups excluding carboxylic acids is 1. The Kier molecular flexibility index (Phi) is 3.77. The average Bonchev–Trinajstić information content (AvgIpc) is 2.11. The van der Waals surface area contributed by atoms with Gasteiger partial charge < -0.3 is 5.32 Å². The molecule has 1 N–H and O–H groups in total. The van der Waals surface area contributed by atoms with Crippen molar-refractivity contribution in [3.05, 3.63) is 29.0 Å². The van der Waals surface area contributed by atoms with Gasteiger partial charge >= 0.3 is 0 Å². The van der Waals surface area contributed by atoms with Gasteiger partial charge in [-0.05, 0) is 25.1 Å². The molecule has 2 nitrogen and oxygen atoms in total. The lowest BCUT2D eigenvalue weighted by Gasteiger charge is -2.08. The van der Waals surface area contributed by atoms with Crippen molar-refractivity contribution in [2.24, 2.45) is 0 Å². The van der Waals surface area contributed by atoms with Crippen molar-refractivity contribution >= 4 is 35.8 Å². The van der Waals surface area contributed by atoms with E-state index >= 15 is 0 Å². The standard InChI is InChI=1S/C9H9ClFNOS/c1-5(14)9(13)12-8-4-6(11)2-3-7(8)10/h2-5,14H,1H3,(H,12,13). The van der Waals surface area contributed by atoms with E-state index in [9.17, 15) is 9.18 Å². The smallest absolute Gasteiger partial charge is 0.236 e. The predicted molar refractivity (Wildman–Crippen MR) is 58.5 cm³/mol. The Morgan fingerprint density at radius 1 is 1.64 bits per heavy atom. The first-order valence-electron chi connectivity index (χ1n) is 3.94. The minimum atomic E-state index is -0.464. The van der Waals surface area contributed by atoms with E-state index in [0.717, 1.165) is 6.07 Å². The molecule has 0 heterocycles. The highest BCUT2D eigenvalue weighted by Crippen LogP contribution is 2.22. The zero-order valence-corrected chi connectivity index (χ0v) is 9.07. The Morgan fingerprint density at radius 3 is 2.86 bits per heavy atom. The highest BCUT2D eigenvalue weighted by atomic mass is 35.5. The number of benzene rings is 1. The van der Waals surface area contributed by atoms with Crippen molar-refractivity contribution in [1.82, 2.24) is 0 Å². The molecule has 0 aliphatic rings. The van der Waals surface area contributed by atoms with E-state index in [4.69, 9.17) is 11.6 Å². The van der Waals surface area contributed by atoms with Crippen LogP contribution in [0.1, 0.15) is 6.92 Å². The average molecular weight is 234 g/mol. The molecular formula is C9H9ClFNOS. The van der Waals surface area contributed by atoms with Gasteiger partial charge in [0, 0.05) is 0 Å². The molecule has 0 fully saturated rings. The molecule has 0 bridgehead atoms. The second-order valence-electron chi connectivity index (χ2n) is 2.79. The summed E-state index contributed by atoms with van der Waals surface area (Å²) in [6.07, 6.45) is 0. The number of halogens is 2. The third kappa shape index (κ3) is 2.89. The van der Waals surface area contributed by atoms with Crippen LogP contribution in [0.5, 0.6) is 0 Å². The van der Waals surface area contributed by atoms with Gasteiger partial charge in [-0.3, -0.25) is 4.79 Å². The maximum atomic E-state index is 12.8. The second-order valence-corrected chi connectivity index (χ2v) is 3.97. The summed E-state index contributed by atoms with van der Waals surface area (Å²) in [7, 11) is 0. The van der Waals surface area contributed by atoms with Crippen LogP contribution in [0.15, 0.2) is 18.2 Å². The van der Waals surface area contributed by atoms with Crippen LogP contribution in [-0.4, -0.2) is 11.2 Å². The minimum Gasteiger partial charge on any atom is -0.324 e. The SMILES string of the molecule is CC(S)C(=O)Nc1cc(F)ccc1Cl. The largest absolute Gasteiger partial charge is 0.324 e. The van der Waals surface area contributed by atoms with Gasteiger partial charge in [-0.2, -0.15) is 12.6 Å². The lowest BCUT2D eigenvalue weighted by Crippen LogP contribution is -2.20. The van der Waals surface area contributed by atoms with Crippen LogP contribution in [-0.2, 0) is 4.79 Å². The van der Waals surface area contributed by atoms with E-state index in [1.54, 1.807) is 6.92 Å². The fourth-order valence-electron chi connectivity index (χ4n) is 0.830. The van der Waals surface area contributed by atoms with Crippen molar-refractivity contribution < 1.29 is 9.18 Å². The third-order valence-electron chi connectivity index (χ3n) is 1.57. The fourth-order valence-corrected chi connectivity index (χ4v) is 1.06. The molecule has 14 heavy (non-hydrogen) atoms. The van der Waals surface area contributed by atoms with Crippen LogP contribution >= 0.6 is 24.2 Å². The number of carbonyl (C=O) groups is 1. The van der Waals surface area contributed by atoms with Crippen molar-refractivity contribution in [2.75, 3.05) is 5.32 Å². The molecule has 0 saturated carbocycles. The number of thiol groups is 1. The van der Waals surface area contributed by atoms with Gasteiger partial charge in [0.1, 0.15) is 5.82 Å². The van der Waals surface area contributed by atoms with Gasteiger partial charge in [0.15, 0.2) is 0 Å². The summed E-state index contributed by atoms with van der Waals surface area (Å²) in [5.74, 6) is -0.766. The first-order valence-corrected chi connectivity index (χ1v) is 4.84. The summed E-state index contributed by atoms with van der Waals surface area (Å²) in [4.78, 5) is 11.2. The Bertz CT molecular complexity index is 357. The molecule has 0 saturated heterocycles. The first-order chi connectivity index (χ1) is 6.50. The molecule has 5 heteroatoms. The van der Waals surface area contributed by atoms with Gasteiger partial charge in [0.05, 0.1) is 16.0 Å². The summed E-state index contributed by atoms with van der Waals surface area (Å²) in [6.45, 7) is 1.62. The van der Waals surface area contributed by atoms with Gasteiger partial charge in [0.25, 0.3) is 0 Å². The van der Waals surface area contributed by atoms with E-state index in [0.29, 0.717) is 5.02 Å². The molecule has 0 spiro atoms. The predicted octanol–water partition coefficient (Wildman–Crippen LogP) is 2.74. The van der Waals surface area contributed by atoms with Crippen molar-refractivity contribution in [3.8, 4) is 0 Å². The molecule has 1 amide bonds. The molecule has 0 radical (unpaired) electrons. The first kappa shape index (κ1) is 11.3. The summed E-state index contributed by atoms with van der Waals surface area (Å²) < 4.78 is 12.8. The van der Waals surface area contributed by atoms with E-state index in [1.807, 2.05) is 0 Å². The Labute approximate surface area is 91.9 Å². The molecule has 1 rings (SSSR count). The lowest BCUT2D eigenvalue weighted by atomic mass is 10.3. The van der Waals surface area contributed by atoms with Crippen molar-refractivity contribution in [3.63, 3.8) is 0 Å². The van der Waals surface area contributed by atoms with Gasteiger partial charge in [-0.1, -0.05) is 11.6 Å². The van der Waals surface area contributed by atoms with Gasteiger partial charge in [-0.15, -0.1) is 0 Å². The molecule has 1 aromatic rings. The molecule has 1 unspecified atom stereocenters. The monoisotopic (exact) mass is 233 g/mol. The molecule has 1 atom stereocenters. The molecule has 1 aromatic carbocycles. The van der Waals surface area contributed by atoms with Crippen molar-refractivity contribution in [2.45, 2.75) is 12.2 Å². The minimum absolute atomic E-state index is 0.262. The fraction of sp³-hybridized carbons (Fsp3) is 0.222. The van der Waals surface area contributed by atoms with Crippen LogP contribution in [0.4, 0.5) is 10.1 Å². The molecular weight excluding hydrogens is 225 g/mol. The van der Waals surface area contributed by atoms with Crippen LogP contribution < -0.4 is 5.32 Å². The van der Waals surface area contributed by atoms with Gasteiger partial charge in [-0.25, -0.2) is 4.39 Å². The van der Waals surface area contributed by atoms with Crippen LogP contribution in [0.3, 0.4) is 0 Å². The van der Waals surface area contributed by atoms with E-state index in [1.165, 1.54) is 12.1 Å². The molecule has 0 aliphatic heterocycles. The van der Waals surface area contributed by atoms with Gasteiger partial charge in [0.2, 0.25) is 5.91 Å². The second kappa shape index (κ2) is 4.66. The highest BCUT2D eigenvalue weighted by molar-refractivity contribution is 7.81. The third-order valence-corrected chi connectivity index (χ3v) is 2.13. The number of nitrogens with one attached hydrogen (secondary N) is 1. The van der Waals surface area contributed by atoms with E-state index < -0.39 is 11.1 Å². The quantitative estimate of drug-likeness (QED) is 0.756. The normalized spacial score (nSPS) is 12.3. The molecule has 0 aliphatic carbocycles. The summed E-state index contributed by atoms with van der Waals surface area (Å²) in [6, 6.07) is 3.77. The number of rotatable bonds is 2. The maximum absolute atomic E-state index is 12.8. The lowest BCUT2D eigenvalue weighted by molar-refractivity contribution is -0.115. The number of hydrogen-bond donors (Lipinski definition) is 2. The summed E-state index contributed by atoms with van der Waals surface area (Å²) in [5.41, 5.74) is 0.262. The maximum Gasteiger partial charge on any atom is 0.236 e.